The van der Waals surface area contributed by atoms with E-state index in [0.717, 1.165) is 27.3 Å². The van der Waals surface area contributed by atoms with Crippen LogP contribution in [0.3, 0.4) is 0 Å². The average Bonchev–Trinajstić information content (AvgIpc) is 2.75. The Hall–Kier alpha value is -3.61. The Labute approximate surface area is 168 Å². The third kappa shape index (κ3) is 5.22. The highest BCUT2D eigenvalue weighted by molar-refractivity contribution is 5.75. The molecule has 1 aromatic heterocycles. The second-order valence-electron chi connectivity index (χ2n) is 6.35. The summed E-state index contributed by atoms with van der Waals surface area (Å²) in [4.78, 5) is 24.4. The largest absolute Gasteiger partial charge is 0.497 e. The molecule has 7 nitrogen and oxygen atoms in total. The number of aromatic nitrogens is 2. The first kappa shape index (κ1) is 20.1. The molecule has 0 aliphatic carbocycles. The number of hydrogen-bond acceptors (Lipinski definition) is 5. The van der Waals surface area contributed by atoms with Gasteiger partial charge in [-0.15, -0.1) is 0 Å². The van der Waals surface area contributed by atoms with Crippen LogP contribution < -0.4 is 20.3 Å². The first-order chi connectivity index (χ1) is 14.1. The Morgan fingerprint density at radius 2 is 1.76 bits per heavy atom. The predicted octanol–water partition coefficient (Wildman–Crippen LogP) is 2.29. The molecule has 3 rings (SSSR count). The standard InChI is InChI=1S/C22H23N3O4/c1-28-18-9-7-16(8-10-18)19-11-12-22(27)25(24-19)15-21(26)23-14-13-17-5-3-4-6-20(17)29-2/h3-12H,13-15H2,1-2H3,(H,23,26). The van der Waals surface area contributed by atoms with Crippen molar-refractivity contribution in [3.63, 3.8) is 0 Å². The van der Waals surface area contributed by atoms with E-state index in [-0.39, 0.29) is 18.0 Å². The van der Waals surface area contributed by atoms with Crippen LogP contribution in [0, 0.1) is 0 Å². The summed E-state index contributed by atoms with van der Waals surface area (Å²) in [5, 5.41) is 7.14. The van der Waals surface area contributed by atoms with Crippen LogP contribution in [0.1, 0.15) is 5.56 Å². The minimum absolute atomic E-state index is 0.144. The van der Waals surface area contributed by atoms with Crippen molar-refractivity contribution in [3.05, 3.63) is 76.6 Å². The van der Waals surface area contributed by atoms with E-state index in [0.29, 0.717) is 18.7 Å². The molecule has 29 heavy (non-hydrogen) atoms. The molecule has 0 radical (unpaired) electrons. The van der Waals surface area contributed by atoms with E-state index in [1.807, 2.05) is 48.5 Å². The fourth-order valence-electron chi connectivity index (χ4n) is 2.92. The first-order valence-corrected chi connectivity index (χ1v) is 9.22. The minimum atomic E-state index is -0.331. The van der Waals surface area contributed by atoms with E-state index in [1.54, 1.807) is 20.3 Å². The van der Waals surface area contributed by atoms with E-state index in [1.165, 1.54) is 6.07 Å². The third-order valence-electron chi connectivity index (χ3n) is 4.45. The number of amides is 1. The van der Waals surface area contributed by atoms with Crippen molar-refractivity contribution in [2.75, 3.05) is 20.8 Å². The van der Waals surface area contributed by atoms with Crippen molar-refractivity contribution in [2.24, 2.45) is 0 Å². The van der Waals surface area contributed by atoms with Crippen LogP contribution >= 0.6 is 0 Å². The quantitative estimate of drug-likeness (QED) is 0.635. The molecule has 1 N–H and O–H groups in total. The van der Waals surface area contributed by atoms with Gasteiger partial charge in [0, 0.05) is 18.2 Å². The Morgan fingerprint density at radius 1 is 1.00 bits per heavy atom. The highest BCUT2D eigenvalue weighted by Crippen LogP contribution is 2.19. The zero-order valence-electron chi connectivity index (χ0n) is 16.4. The van der Waals surface area contributed by atoms with Gasteiger partial charge in [0.2, 0.25) is 5.91 Å². The number of nitrogens with zero attached hydrogens (tertiary/aromatic N) is 2. The molecular weight excluding hydrogens is 370 g/mol. The normalized spacial score (nSPS) is 10.4. The molecule has 0 fully saturated rings. The maximum atomic E-state index is 12.3. The van der Waals surface area contributed by atoms with E-state index in [2.05, 4.69) is 10.4 Å². The molecule has 1 heterocycles. The van der Waals surface area contributed by atoms with Crippen molar-refractivity contribution in [1.82, 2.24) is 15.1 Å². The number of nitrogens with one attached hydrogen (secondary N) is 1. The summed E-state index contributed by atoms with van der Waals surface area (Å²) in [6.45, 7) is 0.293. The zero-order chi connectivity index (χ0) is 20.6. The van der Waals surface area contributed by atoms with Crippen molar-refractivity contribution >= 4 is 5.91 Å². The Bertz CT molecular complexity index is 1030. The molecule has 0 aliphatic heterocycles. The molecule has 3 aromatic rings. The number of ether oxygens (including phenoxy) is 2. The van der Waals surface area contributed by atoms with Crippen LogP contribution in [0.4, 0.5) is 0 Å². The van der Waals surface area contributed by atoms with Crippen LogP contribution in [0.25, 0.3) is 11.3 Å². The van der Waals surface area contributed by atoms with E-state index in [9.17, 15) is 9.59 Å². The summed E-state index contributed by atoms with van der Waals surface area (Å²) >= 11 is 0. The SMILES string of the molecule is COc1ccc(-c2ccc(=O)n(CC(=O)NCCc3ccccc3OC)n2)cc1. The lowest BCUT2D eigenvalue weighted by Crippen LogP contribution is -2.34. The van der Waals surface area contributed by atoms with E-state index in [4.69, 9.17) is 9.47 Å². The minimum Gasteiger partial charge on any atom is -0.497 e. The Morgan fingerprint density at radius 3 is 2.48 bits per heavy atom. The maximum absolute atomic E-state index is 12.3. The summed E-state index contributed by atoms with van der Waals surface area (Å²) in [5.74, 6) is 1.24. The smallest absolute Gasteiger partial charge is 0.267 e. The lowest BCUT2D eigenvalue weighted by molar-refractivity contribution is -0.121. The molecular formula is C22H23N3O4. The molecule has 0 saturated carbocycles. The molecule has 150 valence electrons. The van der Waals surface area contributed by atoms with Gasteiger partial charge in [0.25, 0.3) is 5.56 Å². The maximum Gasteiger partial charge on any atom is 0.267 e. The lowest BCUT2D eigenvalue weighted by Gasteiger charge is -2.10. The number of carbonyl (C=O) groups is 1. The second kappa shape index (κ2) is 9.54. The number of hydrogen-bond donors (Lipinski definition) is 1. The Balaban J connectivity index is 1.63. The van der Waals surface area contributed by atoms with Gasteiger partial charge in [-0.2, -0.15) is 5.10 Å². The first-order valence-electron chi connectivity index (χ1n) is 9.22. The van der Waals surface area contributed by atoms with Gasteiger partial charge in [0.15, 0.2) is 0 Å². The Kier molecular flexibility index (Phi) is 6.63. The van der Waals surface area contributed by atoms with Gasteiger partial charge < -0.3 is 14.8 Å². The van der Waals surface area contributed by atoms with E-state index >= 15 is 0 Å². The van der Waals surface area contributed by atoms with Gasteiger partial charge in [-0.25, -0.2) is 4.68 Å². The summed E-state index contributed by atoms with van der Waals surface area (Å²) in [6, 6.07) is 18.0. The van der Waals surface area contributed by atoms with Gasteiger partial charge in [-0.05, 0) is 48.4 Å². The van der Waals surface area contributed by atoms with Crippen molar-refractivity contribution in [3.8, 4) is 22.8 Å². The zero-order valence-corrected chi connectivity index (χ0v) is 16.4. The molecule has 0 unspecified atom stereocenters. The number of rotatable bonds is 8. The number of para-hydroxylation sites is 1. The topological polar surface area (TPSA) is 82.5 Å². The van der Waals surface area contributed by atoms with Crippen molar-refractivity contribution in [2.45, 2.75) is 13.0 Å². The van der Waals surface area contributed by atoms with Crippen molar-refractivity contribution < 1.29 is 14.3 Å². The van der Waals surface area contributed by atoms with Crippen molar-refractivity contribution in [1.29, 1.82) is 0 Å². The van der Waals surface area contributed by atoms with Gasteiger partial charge in [-0.3, -0.25) is 9.59 Å². The molecule has 0 aliphatic rings. The predicted molar refractivity (Wildman–Crippen MR) is 110 cm³/mol. The molecule has 7 heteroatoms. The lowest BCUT2D eigenvalue weighted by atomic mass is 10.1. The average molecular weight is 393 g/mol. The summed E-state index contributed by atoms with van der Waals surface area (Å²) in [7, 11) is 3.21. The summed E-state index contributed by atoms with van der Waals surface area (Å²) in [6.07, 6.45) is 0.629. The third-order valence-corrected chi connectivity index (χ3v) is 4.45. The molecule has 0 saturated heterocycles. The van der Waals surface area contributed by atoms with Crippen LogP contribution in [-0.4, -0.2) is 36.5 Å². The fraction of sp³-hybridized carbons (Fsp3) is 0.227. The van der Waals surface area contributed by atoms with Gasteiger partial charge in [0.1, 0.15) is 18.0 Å². The number of carbonyl (C=O) groups excluding carboxylic acids is 1. The monoisotopic (exact) mass is 393 g/mol. The second-order valence-corrected chi connectivity index (χ2v) is 6.35. The fourth-order valence-corrected chi connectivity index (χ4v) is 2.92. The highest BCUT2D eigenvalue weighted by atomic mass is 16.5. The summed E-state index contributed by atoms with van der Waals surface area (Å²) in [5.41, 5.74) is 2.11. The van der Waals surface area contributed by atoms with Gasteiger partial charge >= 0.3 is 0 Å². The number of methoxy groups -OCH3 is 2. The van der Waals surface area contributed by atoms with Gasteiger partial charge in [-0.1, -0.05) is 18.2 Å². The highest BCUT2D eigenvalue weighted by Gasteiger charge is 2.09. The number of benzene rings is 2. The molecule has 0 spiro atoms. The summed E-state index contributed by atoms with van der Waals surface area (Å²) < 4.78 is 11.6. The van der Waals surface area contributed by atoms with Crippen LogP contribution in [-0.2, 0) is 17.8 Å². The van der Waals surface area contributed by atoms with E-state index < -0.39 is 0 Å². The molecule has 2 aromatic carbocycles. The molecule has 1 amide bonds. The van der Waals surface area contributed by atoms with Crippen LogP contribution in [0.2, 0.25) is 0 Å². The van der Waals surface area contributed by atoms with Gasteiger partial charge in [0.05, 0.1) is 19.9 Å². The molecule has 0 atom stereocenters. The van der Waals surface area contributed by atoms with Crippen LogP contribution in [0.15, 0.2) is 65.5 Å². The van der Waals surface area contributed by atoms with Crippen LogP contribution in [0.5, 0.6) is 11.5 Å². The molecule has 0 bridgehead atoms.